The van der Waals surface area contributed by atoms with Gasteiger partial charge in [0.05, 0.1) is 6.61 Å². The largest absolute Gasteiger partial charge is 0.494 e. The Hall–Kier alpha value is -1.55. The van der Waals surface area contributed by atoms with Gasteiger partial charge in [-0.15, -0.1) is 0 Å². The maximum absolute atomic E-state index is 11.3. The van der Waals surface area contributed by atoms with Gasteiger partial charge in [0, 0.05) is 18.2 Å². The van der Waals surface area contributed by atoms with E-state index in [9.17, 15) is 4.79 Å². The van der Waals surface area contributed by atoms with Gasteiger partial charge in [-0.3, -0.25) is 4.79 Å². The Morgan fingerprint density at radius 2 is 2.20 bits per heavy atom. The van der Waals surface area contributed by atoms with Crippen LogP contribution in [0.2, 0.25) is 0 Å². The molecule has 0 bridgehead atoms. The molecule has 1 amide bonds. The Bertz CT molecular complexity index is 481. The molecule has 0 aromatic heterocycles. The molecule has 2 aliphatic rings. The first-order chi connectivity index (χ1) is 9.81. The summed E-state index contributed by atoms with van der Waals surface area (Å²) >= 11 is 0. The Kier molecular flexibility index (Phi) is 4.21. The molecule has 1 fully saturated rings. The second-order valence-corrected chi connectivity index (χ2v) is 5.65. The molecule has 3 rings (SSSR count). The van der Waals surface area contributed by atoms with E-state index in [1.165, 1.54) is 24.8 Å². The summed E-state index contributed by atoms with van der Waals surface area (Å²) in [6, 6.07) is 6.56. The fraction of sp³-hybridized carbons (Fsp3) is 0.562. The van der Waals surface area contributed by atoms with Gasteiger partial charge in [0.25, 0.3) is 0 Å². The minimum Gasteiger partial charge on any atom is -0.494 e. The molecule has 20 heavy (non-hydrogen) atoms. The van der Waals surface area contributed by atoms with Crippen LogP contribution in [0, 0.1) is 0 Å². The number of benzene rings is 1. The summed E-state index contributed by atoms with van der Waals surface area (Å²) in [5.74, 6) is 1.02. The van der Waals surface area contributed by atoms with Crippen LogP contribution >= 0.6 is 0 Å². The standard InChI is InChI=1S/C16H22N2O2/c19-16-7-4-12-11-14(5-6-15(12)18-16)20-10-8-13-3-1-2-9-17-13/h5-6,11,13,17H,1-4,7-10H2,(H,18,19). The molecule has 0 aliphatic carbocycles. The zero-order valence-electron chi connectivity index (χ0n) is 11.8. The smallest absolute Gasteiger partial charge is 0.224 e. The van der Waals surface area contributed by atoms with Gasteiger partial charge < -0.3 is 15.4 Å². The first-order valence-electron chi connectivity index (χ1n) is 7.60. The maximum Gasteiger partial charge on any atom is 0.224 e. The number of aryl methyl sites for hydroxylation is 1. The Balaban J connectivity index is 1.51. The van der Waals surface area contributed by atoms with Crippen molar-refractivity contribution < 1.29 is 9.53 Å². The lowest BCUT2D eigenvalue weighted by molar-refractivity contribution is -0.116. The number of ether oxygens (including phenoxy) is 1. The third-order valence-electron chi connectivity index (χ3n) is 4.12. The molecule has 0 radical (unpaired) electrons. The van der Waals surface area contributed by atoms with Crippen molar-refractivity contribution in [3.05, 3.63) is 23.8 Å². The summed E-state index contributed by atoms with van der Waals surface area (Å²) in [5, 5.41) is 6.42. The van der Waals surface area contributed by atoms with E-state index in [1.54, 1.807) is 0 Å². The minimum atomic E-state index is 0.106. The molecule has 1 aromatic carbocycles. The van der Waals surface area contributed by atoms with E-state index in [0.717, 1.165) is 37.4 Å². The predicted octanol–water partition coefficient (Wildman–Crippen LogP) is 2.48. The van der Waals surface area contributed by atoms with E-state index < -0.39 is 0 Å². The fourth-order valence-corrected chi connectivity index (χ4v) is 2.94. The van der Waals surface area contributed by atoms with E-state index in [0.29, 0.717) is 12.5 Å². The van der Waals surface area contributed by atoms with Gasteiger partial charge >= 0.3 is 0 Å². The normalized spacial score (nSPS) is 22.0. The van der Waals surface area contributed by atoms with Crippen molar-refractivity contribution in [2.24, 2.45) is 0 Å². The number of hydrogen-bond donors (Lipinski definition) is 2. The summed E-state index contributed by atoms with van der Waals surface area (Å²) in [6.45, 7) is 1.89. The van der Waals surface area contributed by atoms with E-state index in [-0.39, 0.29) is 5.91 Å². The van der Waals surface area contributed by atoms with Gasteiger partial charge in [0.2, 0.25) is 5.91 Å². The van der Waals surface area contributed by atoms with Crippen molar-refractivity contribution in [2.45, 2.75) is 44.6 Å². The zero-order valence-corrected chi connectivity index (χ0v) is 11.8. The zero-order chi connectivity index (χ0) is 13.8. The van der Waals surface area contributed by atoms with E-state index in [1.807, 2.05) is 12.1 Å². The molecule has 1 unspecified atom stereocenters. The van der Waals surface area contributed by atoms with Gasteiger partial charge in [-0.25, -0.2) is 0 Å². The fourth-order valence-electron chi connectivity index (χ4n) is 2.94. The highest BCUT2D eigenvalue weighted by Gasteiger charge is 2.15. The summed E-state index contributed by atoms with van der Waals surface area (Å²) in [6.07, 6.45) is 6.34. The van der Waals surface area contributed by atoms with E-state index in [4.69, 9.17) is 4.74 Å². The molecule has 108 valence electrons. The van der Waals surface area contributed by atoms with Gasteiger partial charge in [0.1, 0.15) is 5.75 Å². The van der Waals surface area contributed by atoms with Gasteiger partial charge in [0.15, 0.2) is 0 Å². The van der Waals surface area contributed by atoms with Crippen molar-refractivity contribution >= 4 is 11.6 Å². The average molecular weight is 274 g/mol. The highest BCUT2D eigenvalue weighted by atomic mass is 16.5. The first-order valence-corrected chi connectivity index (χ1v) is 7.60. The molecule has 2 aliphatic heterocycles. The summed E-state index contributed by atoms with van der Waals surface area (Å²) < 4.78 is 5.85. The number of rotatable bonds is 4. The Morgan fingerprint density at radius 3 is 3.05 bits per heavy atom. The van der Waals surface area contributed by atoms with Gasteiger partial charge in [-0.2, -0.15) is 0 Å². The number of carbonyl (C=O) groups is 1. The monoisotopic (exact) mass is 274 g/mol. The van der Waals surface area contributed by atoms with Crippen LogP contribution in [0.4, 0.5) is 5.69 Å². The summed E-state index contributed by atoms with van der Waals surface area (Å²) in [7, 11) is 0. The van der Waals surface area contributed by atoms with Crippen LogP contribution in [0.3, 0.4) is 0 Å². The van der Waals surface area contributed by atoms with Crippen LogP contribution in [0.5, 0.6) is 5.75 Å². The second kappa shape index (κ2) is 6.27. The lowest BCUT2D eigenvalue weighted by atomic mass is 10.0. The van der Waals surface area contributed by atoms with Crippen molar-refractivity contribution in [1.29, 1.82) is 0 Å². The number of nitrogens with one attached hydrogen (secondary N) is 2. The first kappa shape index (κ1) is 13.4. The number of hydrogen-bond acceptors (Lipinski definition) is 3. The Morgan fingerprint density at radius 1 is 1.25 bits per heavy atom. The van der Waals surface area contributed by atoms with Crippen LogP contribution in [0.1, 0.15) is 37.7 Å². The molecule has 1 atom stereocenters. The molecule has 4 nitrogen and oxygen atoms in total. The van der Waals surface area contributed by atoms with Gasteiger partial charge in [-0.1, -0.05) is 6.42 Å². The molecule has 1 aromatic rings. The molecule has 0 spiro atoms. The lowest BCUT2D eigenvalue weighted by Crippen LogP contribution is -2.35. The quantitative estimate of drug-likeness (QED) is 0.887. The molecular weight excluding hydrogens is 252 g/mol. The molecule has 0 saturated carbocycles. The van der Waals surface area contributed by atoms with Crippen LogP contribution in [-0.2, 0) is 11.2 Å². The van der Waals surface area contributed by atoms with Crippen LogP contribution in [0.25, 0.3) is 0 Å². The summed E-state index contributed by atoms with van der Waals surface area (Å²) in [4.78, 5) is 11.3. The van der Waals surface area contributed by atoms with Crippen molar-refractivity contribution in [3.8, 4) is 5.75 Å². The number of amides is 1. The highest BCUT2D eigenvalue weighted by Crippen LogP contribution is 2.27. The lowest BCUT2D eigenvalue weighted by Gasteiger charge is -2.23. The van der Waals surface area contributed by atoms with E-state index in [2.05, 4.69) is 16.7 Å². The third-order valence-corrected chi connectivity index (χ3v) is 4.12. The second-order valence-electron chi connectivity index (χ2n) is 5.65. The SMILES string of the molecule is O=C1CCc2cc(OCCC3CCCCN3)ccc2N1. The summed E-state index contributed by atoms with van der Waals surface area (Å²) in [5.41, 5.74) is 2.11. The van der Waals surface area contributed by atoms with Crippen LogP contribution in [0.15, 0.2) is 18.2 Å². The van der Waals surface area contributed by atoms with Crippen LogP contribution < -0.4 is 15.4 Å². The third kappa shape index (κ3) is 3.31. The van der Waals surface area contributed by atoms with E-state index >= 15 is 0 Å². The van der Waals surface area contributed by atoms with Crippen molar-refractivity contribution in [3.63, 3.8) is 0 Å². The number of carbonyl (C=O) groups excluding carboxylic acids is 1. The van der Waals surface area contributed by atoms with Crippen LogP contribution in [-0.4, -0.2) is 25.1 Å². The van der Waals surface area contributed by atoms with Crippen molar-refractivity contribution in [2.75, 3.05) is 18.5 Å². The molecule has 1 saturated heterocycles. The van der Waals surface area contributed by atoms with Crippen molar-refractivity contribution in [1.82, 2.24) is 5.32 Å². The molecule has 2 N–H and O–H groups in total. The number of anilines is 1. The average Bonchev–Trinajstić information content (AvgIpc) is 2.48. The molecule has 2 heterocycles. The van der Waals surface area contributed by atoms with Gasteiger partial charge in [-0.05, 0) is 56.0 Å². The topological polar surface area (TPSA) is 50.4 Å². The number of fused-ring (bicyclic) bond motifs is 1. The molecular formula is C16H22N2O2. The maximum atomic E-state index is 11.3. The minimum absolute atomic E-state index is 0.106. The molecule has 4 heteroatoms. The number of piperidine rings is 1. The Labute approximate surface area is 119 Å². The predicted molar refractivity (Wildman–Crippen MR) is 79.1 cm³/mol. The highest BCUT2D eigenvalue weighted by molar-refractivity contribution is 5.93.